The fourth-order valence-corrected chi connectivity index (χ4v) is 1.50. The Balaban J connectivity index is 2.39. The molecule has 2 aromatic rings. The molecule has 4 nitrogen and oxygen atoms in total. The first-order chi connectivity index (χ1) is 6.27. The zero-order chi connectivity index (χ0) is 9.26. The summed E-state index contributed by atoms with van der Waals surface area (Å²) in [5.41, 5.74) is 3.02. The Labute approximate surface area is 78.7 Å². The van der Waals surface area contributed by atoms with Crippen molar-refractivity contribution in [3.63, 3.8) is 0 Å². The molecule has 0 aliphatic carbocycles. The van der Waals surface area contributed by atoms with Crippen LogP contribution < -0.4 is 0 Å². The summed E-state index contributed by atoms with van der Waals surface area (Å²) in [5, 5.41) is 1.88. The average molecular weight is 193 g/mol. The van der Waals surface area contributed by atoms with E-state index in [0.717, 1.165) is 5.69 Å². The summed E-state index contributed by atoms with van der Waals surface area (Å²) < 4.78 is 0. The molecule has 1 N–H and O–H groups in total. The van der Waals surface area contributed by atoms with Gasteiger partial charge in [-0.2, -0.15) is 0 Å². The Morgan fingerprint density at radius 2 is 2.38 bits per heavy atom. The molecule has 2 rings (SSSR count). The van der Waals surface area contributed by atoms with E-state index >= 15 is 0 Å². The number of rotatable bonds is 2. The van der Waals surface area contributed by atoms with Gasteiger partial charge in [-0.1, -0.05) is 0 Å². The molecule has 0 aromatic carbocycles. The Morgan fingerprint density at radius 1 is 1.54 bits per heavy atom. The van der Waals surface area contributed by atoms with Crippen LogP contribution in [0.3, 0.4) is 0 Å². The molecule has 5 heteroatoms. The van der Waals surface area contributed by atoms with E-state index in [1.807, 2.05) is 5.38 Å². The minimum Gasteiger partial charge on any atom is -0.334 e. The number of nitrogens with one attached hydrogen (secondary N) is 1. The van der Waals surface area contributed by atoms with Crippen molar-refractivity contribution < 1.29 is 4.79 Å². The molecule has 13 heavy (non-hydrogen) atoms. The first-order valence-corrected chi connectivity index (χ1v) is 4.66. The smallest absolute Gasteiger partial charge is 0.177 e. The standard InChI is InChI=1S/C8H7N3OS/c1-5(12)6-2-9-8(11-6)7-3-13-4-10-7/h2-4H,1H3,(H,9,11). The number of carbonyl (C=O) groups is 1. The number of carbonyl (C=O) groups excluding carboxylic acids is 1. The largest absolute Gasteiger partial charge is 0.334 e. The molecule has 0 aliphatic heterocycles. The maximum Gasteiger partial charge on any atom is 0.177 e. The van der Waals surface area contributed by atoms with Gasteiger partial charge in [0.1, 0.15) is 11.4 Å². The van der Waals surface area contributed by atoms with Gasteiger partial charge in [0.25, 0.3) is 0 Å². The lowest BCUT2D eigenvalue weighted by atomic mass is 10.3. The number of aromatic nitrogens is 3. The Morgan fingerprint density at radius 3 is 2.92 bits per heavy atom. The highest BCUT2D eigenvalue weighted by Gasteiger charge is 2.07. The van der Waals surface area contributed by atoms with Gasteiger partial charge in [-0.05, 0) is 0 Å². The van der Waals surface area contributed by atoms with Crippen molar-refractivity contribution in [2.75, 3.05) is 0 Å². The summed E-state index contributed by atoms with van der Waals surface area (Å²) in [6.45, 7) is 1.50. The fraction of sp³-hybridized carbons (Fsp3) is 0.125. The zero-order valence-corrected chi connectivity index (χ0v) is 7.76. The van der Waals surface area contributed by atoms with Crippen LogP contribution in [0.5, 0.6) is 0 Å². The van der Waals surface area contributed by atoms with Gasteiger partial charge in [0.05, 0.1) is 11.7 Å². The van der Waals surface area contributed by atoms with Gasteiger partial charge in [0, 0.05) is 12.3 Å². The summed E-state index contributed by atoms with van der Waals surface area (Å²) in [6.07, 6.45) is 1.52. The van der Waals surface area contributed by atoms with E-state index in [1.54, 1.807) is 5.51 Å². The number of Topliss-reactive ketones (excluding diaryl/α,β-unsaturated/α-hetero) is 1. The van der Waals surface area contributed by atoms with Gasteiger partial charge in [-0.25, -0.2) is 9.97 Å². The van der Waals surface area contributed by atoms with Crippen LogP contribution in [-0.2, 0) is 0 Å². The van der Waals surface area contributed by atoms with Crippen LogP contribution >= 0.6 is 11.3 Å². The van der Waals surface area contributed by atoms with Crippen LogP contribution in [0.4, 0.5) is 0 Å². The summed E-state index contributed by atoms with van der Waals surface area (Å²) in [4.78, 5) is 22.0. The third kappa shape index (κ3) is 1.50. The lowest BCUT2D eigenvalue weighted by molar-refractivity contribution is 0.101. The maximum atomic E-state index is 10.9. The topological polar surface area (TPSA) is 58.6 Å². The molecule has 0 saturated heterocycles. The molecule has 0 aliphatic rings. The molecule has 2 aromatic heterocycles. The van der Waals surface area contributed by atoms with Gasteiger partial charge in [0.15, 0.2) is 11.6 Å². The second-order valence-electron chi connectivity index (χ2n) is 2.58. The van der Waals surface area contributed by atoms with Crippen LogP contribution in [0.2, 0.25) is 0 Å². The van der Waals surface area contributed by atoms with Crippen LogP contribution in [0.25, 0.3) is 11.5 Å². The molecule has 0 fully saturated rings. The lowest BCUT2D eigenvalue weighted by Gasteiger charge is -1.87. The van der Waals surface area contributed by atoms with Gasteiger partial charge in [-0.3, -0.25) is 4.79 Å². The summed E-state index contributed by atoms with van der Waals surface area (Å²) in [6, 6.07) is 0. The highest BCUT2D eigenvalue weighted by molar-refractivity contribution is 7.07. The summed E-state index contributed by atoms with van der Waals surface area (Å²) in [5.74, 6) is 0.625. The van der Waals surface area contributed by atoms with Crippen molar-refractivity contribution in [1.29, 1.82) is 0 Å². The number of hydrogen-bond acceptors (Lipinski definition) is 4. The molecule has 0 bridgehead atoms. The number of nitrogens with zero attached hydrogens (tertiary/aromatic N) is 2. The number of aromatic amines is 1. The summed E-state index contributed by atoms with van der Waals surface area (Å²) >= 11 is 1.50. The van der Waals surface area contributed by atoms with Crippen molar-refractivity contribution in [3.05, 3.63) is 22.8 Å². The van der Waals surface area contributed by atoms with E-state index in [0.29, 0.717) is 11.5 Å². The van der Waals surface area contributed by atoms with Crippen molar-refractivity contribution in [3.8, 4) is 11.5 Å². The number of imidazole rings is 1. The van der Waals surface area contributed by atoms with Crippen LogP contribution in [-0.4, -0.2) is 20.7 Å². The second kappa shape index (κ2) is 3.10. The third-order valence-electron chi connectivity index (χ3n) is 1.63. The Bertz CT molecular complexity index is 418. The first-order valence-electron chi connectivity index (χ1n) is 3.72. The third-order valence-corrected chi connectivity index (χ3v) is 2.22. The minimum absolute atomic E-state index is 0.0195. The van der Waals surface area contributed by atoms with E-state index < -0.39 is 0 Å². The first kappa shape index (κ1) is 8.12. The van der Waals surface area contributed by atoms with Crippen LogP contribution in [0.15, 0.2) is 17.1 Å². The molecular weight excluding hydrogens is 186 g/mol. The Kier molecular flexibility index (Phi) is 1.94. The van der Waals surface area contributed by atoms with E-state index in [2.05, 4.69) is 15.0 Å². The van der Waals surface area contributed by atoms with Crippen molar-refractivity contribution in [1.82, 2.24) is 15.0 Å². The van der Waals surface area contributed by atoms with E-state index in [-0.39, 0.29) is 5.78 Å². The lowest BCUT2D eigenvalue weighted by Crippen LogP contribution is -1.91. The number of H-pyrrole nitrogens is 1. The minimum atomic E-state index is -0.0195. The normalized spacial score (nSPS) is 10.2. The molecule has 0 spiro atoms. The monoisotopic (exact) mass is 193 g/mol. The predicted molar refractivity (Wildman–Crippen MR) is 49.7 cm³/mol. The molecule has 0 radical (unpaired) electrons. The van der Waals surface area contributed by atoms with E-state index in [4.69, 9.17) is 0 Å². The Hall–Kier alpha value is -1.49. The number of hydrogen-bond donors (Lipinski definition) is 1. The summed E-state index contributed by atoms with van der Waals surface area (Å²) in [7, 11) is 0. The molecule has 0 atom stereocenters. The molecule has 0 amide bonds. The van der Waals surface area contributed by atoms with Gasteiger partial charge in [-0.15, -0.1) is 11.3 Å². The molecule has 66 valence electrons. The molecular formula is C8H7N3OS. The second-order valence-corrected chi connectivity index (χ2v) is 3.29. The highest BCUT2D eigenvalue weighted by atomic mass is 32.1. The highest BCUT2D eigenvalue weighted by Crippen LogP contribution is 2.14. The fourth-order valence-electron chi connectivity index (χ4n) is 0.960. The zero-order valence-electron chi connectivity index (χ0n) is 6.94. The average Bonchev–Trinajstić information content (AvgIpc) is 2.75. The van der Waals surface area contributed by atoms with E-state index in [9.17, 15) is 4.79 Å². The molecule has 2 heterocycles. The molecule has 0 unspecified atom stereocenters. The number of ketones is 1. The quantitative estimate of drug-likeness (QED) is 0.739. The van der Waals surface area contributed by atoms with Crippen LogP contribution in [0.1, 0.15) is 17.4 Å². The van der Waals surface area contributed by atoms with Gasteiger partial charge >= 0.3 is 0 Å². The predicted octanol–water partition coefficient (Wildman–Crippen LogP) is 1.74. The van der Waals surface area contributed by atoms with Gasteiger partial charge < -0.3 is 4.98 Å². The SMILES string of the molecule is CC(=O)c1cnc(-c2cscn2)[nH]1. The van der Waals surface area contributed by atoms with Gasteiger partial charge in [0.2, 0.25) is 0 Å². The van der Waals surface area contributed by atoms with E-state index in [1.165, 1.54) is 24.5 Å². The number of thiazole rings is 1. The van der Waals surface area contributed by atoms with Crippen molar-refractivity contribution in [2.24, 2.45) is 0 Å². The maximum absolute atomic E-state index is 10.9. The molecule has 0 saturated carbocycles. The van der Waals surface area contributed by atoms with Crippen LogP contribution in [0, 0.1) is 0 Å². The van der Waals surface area contributed by atoms with Crippen molar-refractivity contribution >= 4 is 17.1 Å². The van der Waals surface area contributed by atoms with Crippen molar-refractivity contribution in [2.45, 2.75) is 6.92 Å².